The van der Waals surface area contributed by atoms with Crippen LogP contribution < -0.4 is 0 Å². The van der Waals surface area contributed by atoms with E-state index < -0.39 is 0 Å². The van der Waals surface area contributed by atoms with Gasteiger partial charge in [-0.05, 0) is 113 Å². The summed E-state index contributed by atoms with van der Waals surface area (Å²) in [5.74, 6) is 0. The molecule has 0 spiro atoms. The molecule has 120 valence electrons. The van der Waals surface area contributed by atoms with Gasteiger partial charge in [-0.1, -0.05) is 51.0 Å². The monoisotopic (exact) mass is 520 g/mol. The van der Waals surface area contributed by atoms with Gasteiger partial charge in [0, 0.05) is 0 Å². The SMILES string of the molecule is CCCC/C(I)=C1/Cc2ccccc2C/C1=C(\I)CCCC. The van der Waals surface area contributed by atoms with Crippen LogP contribution in [0.4, 0.5) is 0 Å². The van der Waals surface area contributed by atoms with Gasteiger partial charge in [0.05, 0.1) is 0 Å². The average molecular weight is 520 g/mol. The van der Waals surface area contributed by atoms with Crippen molar-refractivity contribution in [1.29, 1.82) is 0 Å². The summed E-state index contributed by atoms with van der Waals surface area (Å²) < 4.78 is 3.18. The molecule has 1 aromatic carbocycles. The molecule has 0 bridgehead atoms. The number of hydrogen-bond acceptors (Lipinski definition) is 0. The van der Waals surface area contributed by atoms with Crippen molar-refractivity contribution in [3.8, 4) is 0 Å². The summed E-state index contributed by atoms with van der Waals surface area (Å²) in [7, 11) is 0. The number of hydrogen-bond donors (Lipinski definition) is 0. The highest BCUT2D eigenvalue weighted by Crippen LogP contribution is 2.39. The molecule has 0 saturated heterocycles. The Kier molecular flexibility index (Phi) is 7.95. The van der Waals surface area contributed by atoms with Crippen molar-refractivity contribution < 1.29 is 0 Å². The number of fused-ring (bicyclic) bond motifs is 1. The van der Waals surface area contributed by atoms with Crippen molar-refractivity contribution in [2.24, 2.45) is 0 Å². The van der Waals surface area contributed by atoms with Crippen LogP contribution in [0.5, 0.6) is 0 Å². The zero-order chi connectivity index (χ0) is 15.9. The maximum Gasteiger partial charge on any atom is -0.00126 e. The van der Waals surface area contributed by atoms with Gasteiger partial charge in [0.15, 0.2) is 0 Å². The summed E-state index contributed by atoms with van der Waals surface area (Å²) in [6, 6.07) is 9.00. The standard InChI is InChI=1S/C20H26I2/c1-3-5-11-19(21)17-13-15-9-7-8-10-16(15)14-18(17)20(22)12-6-4-2/h7-10H,3-6,11-14H2,1-2H3/b19-17+,20-18+. The molecule has 1 aromatic rings. The van der Waals surface area contributed by atoms with E-state index in [0.717, 1.165) is 12.8 Å². The quantitative estimate of drug-likeness (QED) is 0.340. The molecule has 0 fully saturated rings. The van der Waals surface area contributed by atoms with Crippen LogP contribution in [0.2, 0.25) is 0 Å². The molecule has 0 radical (unpaired) electrons. The van der Waals surface area contributed by atoms with Gasteiger partial charge in [-0.25, -0.2) is 0 Å². The first kappa shape index (κ1) is 18.5. The van der Waals surface area contributed by atoms with Gasteiger partial charge in [0.2, 0.25) is 0 Å². The zero-order valence-electron chi connectivity index (χ0n) is 13.7. The number of rotatable bonds is 6. The number of allylic oxidation sites excluding steroid dienone is 4. The van der Waals surface area contributed by atoms with E-state index in [9.17, 15) is 0 Å². The predicted octanol–water partition coefficient (Wildman–Crippen LogP) is 7.54. The fourth-order valence-corrected chi connectivity index (χ4v) is 4.78. The minimum atomic E-state index is 1.13. The zero-order valence-corrected chi connectivity index (χ0v) is 18.0. The summed E-state index contributed by atoms with van der Waals surface area (Å²) in [6.45, 7) is 4.57. The lowest BCUT2D eigenvalue weighted by Gasteiger charge is -2.25. The fourth-order valence-electron chi connectivity index (χ4n) is 2.98. The Morgan fingerprint density at radius 2 is 1.23 bits per heavy atom. The van der Waals surface area contributed by atoms with Gasteiger partial charge in [0.1, 0.15) is 0 Å². The Morgan fingerprint density at radius 1 is 0.818 bits per heavy atom. The molecular formula is C20H26I2. The Balaban J connectivity index is 2.38. The minimum absolute atomic E-state index is 1.13. The normalized spacial score (nSPS) is 18.9. The van der Waals surface area contributed by atoms with Crippen molar-refractivity contribution in [1.82, 2.24) is 0 Å². The van der Waals surface area contributed by atoms with Crippen LogP contribution in [0.15, 0.2) is 42.6 Å². The van der Waals surface area contributed by atoms with E-state index in [1.807, 2.05) is 0 Å². The average Bonchev–Trinajstić information content (AvgIpc) is 2.56. The van der Waals surface area contributed by atoms with E-state index in [1.165, 1.54) is 49.7 Å². The molecule has 0 unspecified atom stereocenters. The van der Waals surface area contributed by atoms with Gasteiger partial charge in [0.25, 0.3) is 0 Å². The van der Waals surface area contributed by atoms with Crippen LogP contribution in [0.1, 0.15) is 63.5 Å². The lowest BCUT2D eigenvalue weighted by atomic mass is 9.83. The Morgan fingerprint density at radius 3 is 1.59 bits per heavy atom. The van der Waals surface area contributed by atoms with Crippen molar-refractivity contribution in [2.75, 3.05) is 0 Å². The van der Waals surface area contributed by atoms with E-state index in [0.29, 0.717) is 0 Å². The van der Waals surface area contributed by atoms with Crippen LogP contribution in [-0.2, 0) is 12.8 Å². The lowest BCUT2D eigenvalue weighted by Crippen LogP contribution is -2.11. The molecule has 2 heteroatoms. The maximum absolute atomic E-state index is 2.61. The van der Waals surface area contributed by atoms with E-state index in [4.69, 9.17) is 0 Å². The van der Waals surface area contributed by atoms with Gasteiger partial charge in [-0.15, -0.1) is 0 Å². The molecular weight excluding hydrogens is 494 g/mol. The Hall–Kier alpha value is 0.160. The van der Waals surface area contributed by atoms with E-state index in [-0.39, 0.29) is 0 Å². The first-order chi connectivity index (χ1) is 10.7. The smallest absolute Gasteiger partial charge is 0.00126 e. The summed E-state index contributed by atoms with van der Waals surface area (Å²) in [5.41, 5.74) is 6.33. The third-order valence-electron chi connectivity index (χ3n) is 4.37. The molecule has 0 amide bonds. The minimum Gasteiger partial charge on any atom is -0.0654 e. The predicted molar refractivity (Wildman–Crippen MR) is 115 cm³/mol. The number of unbranched alkanes of at least 4 members (excludes halogenated alkanes) is 2. The first-order valence-electron chi connectivity index (χ1n) is 8.49. The van der Waals surface area contributed by atoms with Gasteiger partial charge < -0.3 is 0 Å². The molecule has 0 heterocycles. The highest BCUT2D eigenvalue weighted by atomic mass is 127. The van der Waals surface area contributed by atoms with E-state index >= 15 is 0 Å². The second-order valence-corrected chi connectivity index (χ2v) is 8.70. The molecule has 0 aromatic heterocycles. The van der Waals surface area contributed by atoms with Crippen LogP contribution in [0.25, 0.3) is 0 Å². The highest BCUT2D eigenvalue weighted by Gasteiger charge is 2.21. The third-order valence-corrected chi connectivity index (χ3v) is 6.75. The fraction of sp³-hybridized carbons (Fsp3) is 0.500. The molecule has 0 atom stereocenters. The van der Waals surface area contributed by atoms with Crippen LogP contribution in [-0.4, -0.2) is 0 Å². The Labute approximate surface area is 163 Å². The topological polar surface area (TPSA) is 0 Å². The van der Waals surface area contributed by atoms with Crippen molar-refractivity contribution >= 4 is 45.2 Å². The molecule has 2 rings (SSSR count). The molecule has 0 nitrogen and oxygen atoms in total. The second kappa shape index (κ2) is 9.45. The molecule has 1 aliphatic carbocycles. The lowest BCUT2D eigenvalue weighted by molar-refractivity contribution is 0.793. The molecule has 1 aliphatic rings. The summed E-state index contributed by atoms with van der Waals surface area (Å²) >= 11 is 5.22. The third kappa shape index (κ3) is 4.83. The van der Waals surface area contributed by atoms with Crippen molar-refractivity contribution in [3.63, 3.8) is 0 Å². The van der Waals surface area contributed by atoms with Crippen molar-refractivity contribution in [2.45, 2.75) is 65.2 Å². The van der Waals surface area contributed by atoms with Crippen LogP contribution in [0, 0.1) is 0 Å². The van der Waals surface area contributed by atoms with Gasteiger partial charge in [-0.2, -0.15) is 0 Å². The van der Waals surface area contributed by atoms with Crippen molar-refractivity contribution in [3.05, 3.63) is 53.7 Å². The molecule has 0 aliphatic heterocycles. The summed E-state index contributed by atoms with van der Waals surface area (Å²) in [4.78, 5) is 0. The van der Waals surface area contributed by atoms with Gasteiger partial charge >= 0.3 is 0 Å². The van der Waals surface area contributed by atoms with Crippen LogP contribution in [0.3, 0.4) is 0 Å². The molecule has 22 heavy (non-hydrogen) atoms. The maximum atomic E-state index is 2.61. The largest absolute Gasteiger partial charge is 0.0654 e. The van der Waals surface area contributed by atoms with Gasteiger partial charge in [-0.3, -0.25) is 0 Å². The summed E-state index contributed by atoms with van der Waals surface area (Å²) in [5, 5.41) is 0. The molecule has 0 N–H and O–H groups in total. The summed E-state index contributed by atoms with van der Waals surface area (Å²) in [6.07, 6.45) is 9.93. The van der Waals surface area contributed by atoms with E-state index in [2.05, 4.69) is 83.3 Å². The Bertz CT molecular complexity index is 516. The van der Waals surface area contributed by atoms with E-state index in [1.54, 1.807) is 18.3 Å². The first-order valence-corrected chi connectivity index (χ1v) is 10.6. The highest BCUT2D eigenvalue weighted by molar-refractivity contribution is 14.1. The second-order valence-electron chi connectivity index (χ2n) is 6.10. The number of benzene rings is 1. The van der Waals surface area contributed by atoms with Crippen LogP contribution >= 0.6 is 45.2 Å². The molecule has 0 saturated carbocycles. The number of halogens is 2.